The van der Waals surface area contributed by atoms with Gasteiger partial charge in [-0.2, -0.15) is 0 Å². The molecule has 1 N–H and O–H groups in total. The Bertz CT molecular complexity index is 237. The van der Waals surface area contributed by atoms with Gasteiger partial charge >= 0.3 is 5.97 Å². The Morgan fingerprint density at radius 1 is 1.57 bits per heavy atom. The molecule has 2 aliphatic rings. The first-order valence-corrected chi connectivity index (χ1v) is 5.52. The molecule has 80 valence electrons. The van der Waals surface area contributed by atoms with Crippen molar-refractivity contribution in [3.63, 3.8) is 0 Å². The summed E-state index contributed by atoms with van der Waals surface area (Å²) in [5.74, 6) is -0.687. The van der Waals surface area contributed by atoms with Gasteiger partial charge in [-0.25, -0.2) is 0 Å². The molecule has 1 saturated heterocycles. The minimum Gasteiger partial charge on any atom is -0.481 e. The molecule has 1 heterocycles. The number of carbonyl (C=O) groups is 1. The van der Waals surface area contributed by atoms with Crippen molar-refractivity contribution in [2.24, 2.45) is 11.3 Å². The second-order valence-electron chi connectivity index (χ2n) is 4.69. The van der Waals surface area contributed by atoms with E-state index in [2.05, 4.69) is 6.92 Å². The van der Waals surface area contributed by atoms with E-state index in [-0.39, 0.29) is 11.3 Å². The SMILES string of the molecule is CCCC1CC2(CCO1)CC2C(=O)O. The zero-order chi connectivity index (χ0) is 10.2. The number of aliphatic carboxylic acids is 1. The van der Waals surface area contributed by atoms with Gasteiger partial charge in [0.15, 0.2) is 0 Å². The summed E-state index contributed by atoms with van der Waals surface area (Å²) in [6.45, 7) is 2.90. The second-order valence-corrected chi connectivity index (χ2v) is 4.69. The molecule has 3 unspecified atom stereocenters. The summed E-state index contributed by atoms with van der Waals surface area (Å²) >= 11 is 0. The molecule has 1 saturated carbocycles. The van der Waals surface area contributed by atoms with Crippen LogP contribution in [0.25, 0.3) is 0 Å². The molecular formula is C11H18O3. The Morgan fingerprint density at radius 3 is 2.93 bits per heavy atom. The number of hydrogen-bond acceptors (Lipinski definition) is 2. The van der Waals surface area contributed by atoms with Crippen LogP contribution < -0.4 is 0 Å². The predicted octanol–water partition coefficient (Wildman–Crippen LogP) is 2.06. The van der Waals surface area contributed by atoms with Crippen LogP contribution in [0.5, 0.6) is 0 Å². The Labute approximate surface area is 84.4 Å². The van der Waals surface area contributed by atoms with E-state index in [9.17, 15) is 4.79 Å². The summed E-state index contributed by atoms with van der Waals surface area (Å²) in [7, 11) is 0. The van der Waals surface area contributed by atoms with E-state index in [1.54, 1.807) is 0 Å². The topological polar surface area (TPSA) is 46.5 Å². The zero-order valence-corrected chi connectivity index (χ0v) is 8.66. The summed E-state index contributed by atoms with van der Waals surface area (Å²) in [6, 6.07) is 0. The first-order valence-electron chi connectivity index (χ1n) is 5.52. The first-order chi connectivity index (χ1) is 6.68. The smallest absolute Gasteiger partial charge is 0.307 e. The molecule has 1 spiro atoms. The molecule has 2 rings (SSSR count). The van der Waals surface area contributed by atoms with Crippen LogP contribution in [-0.2, 0) is 9.53 Å². The minimum absolute atomic E-state index is 0.0780. The monoisotopic (exact) mass is 198 g/mol. The quantitative estimate of drug-likeness (QED) is 0.755. The summed E-state index contributed by atoms with van der Waals surface area (Å²) in [6.07, 6.45) is 5.32. The molecule has 3 atom stereocenters. The summed E-state index contributed by atoms with van der Waals surface area (Å²) in [5, 5.41) is 8.95. The summed E-state index contributed by atoms with van der Waals surface area (Å²) < 4.78 is 5.63. The summed E-state index contributed by atoms with van der Waals surface area (Å²) in [4.78, 5) is 10.9. The molecular weight excluding hydrogens is 180 g/mol. The highest BCUT2D eigenvalue weighted by Crippen LogP contribution is 2.60. The van der Waals surface area contributed by atoms with Gasteiger partial charge in [0.1, 0.15) is 0 Å². The van der Waals surface area contributed by atoms with Gasteiger partial charge in [0.25, 0.3) is 0 Å². The zero-order valence-electron chi connectivity index (χ0n) is 8.66. The molecule has 0 radical (unpaired) electrons. The van der Waals surface area contributed by atoms with E-state index < -0.39 is 5.97 Å². The van der Waals surface area contributed by atoms with Gasteiger partial charge in [0.2, 0.25) is 0 Å². The molecule has 0 bridgehead atoms. The standard InChI is InChI=1S/C11H18O3/c1-2-3-8-6-11(4-5-14-8)7-9(11)10(12)13/h8-9H,2-7H2,1H3,(H,12,13). The number of carboxylic acids is 1. The maximum Gasteiger partial charge on any atom is 0.307 e. The Hall–Kier alpha value is -0.570. The molecule has 14 heavy (non-hydrogen) atoms. The van der Waals surface area contributed by atoms with E-state index in [0.717, 1.165) is 38.7 Å². The molecule has 3 nitrogen and oxygen atoms in total. The maximum absolute atomic E-state index is 10.9. The van der Waals surface area contributed by atoms with Gasteiger partial charge in [0.05, 0.1) is 12.0 Å². The van der Waals surface area contributed by atoms with Gasteiger partial charge in [-0.3, -0.25) is 4.79 Å². The van der Waals surface area contributed by atoms with Crippen LogP contribution in [0.3, 0.4) is 0 Å². The number of carboxylic acid groups (broad SMARTS) is 1. The minimum atomic E-state index is -0.609. The Kier molecular flexibility index (Phi) is 2.52. The maximum atomic E-state index is 10.9. The molecule has 0 aromatic rings. The lowest BCUT2D eigenvalue weighted by molar-refractivity contribution is -0.140. The lowest BCUT2D eigenvalue weighted by Gasteiger charge is -2.30. The van der Waals surface area contributed by atoms with Crippen LogP contribution in [-0.4, -0.2) is 23.8 Å². The van der Waals surface area contributed by atoms with Crippen molar-refractivity contribution in [3.8, 4) is 0 Å². The number of rotatable bonds is 3. The number of ether oxygens (including phenoxy) is 1. The van der Waals surface area contributed by atoms with Crippen LogP contribution in [0, 0.1) is 11.3 Å². The molecule has 3 heteroatoms. The van der Waals surface area contributed by atoms with Gasteiger partial charge in [-0.15, -0.1) is 0 Å². The molecule has 1 aliphatic carbocycles. The molecule has 0 aromatic carbocycles. The highest BCUT2D eigenvalue weighted by Gasteiger charge is 2.59. The fourth-order valence-electron chi connectivity index (χ4n) is 2.75. The highest BCUT2D eigenvalue weighted by atomic mass is 16.5. The normalized spacial score (nSPS) is 41.2. The van der Waals surface area contributed by atoms with Crippen molar-refractivity contribution >= 4 is 5.97 Å². The van der Waals surface area contributed by atoms with Crippen molar-refractivity contribution in [3.05, 3.63) is 0 Å². The van der Waals surface area contributed by atoms with Crippen molar-refractivity contribution in [2.75, 3.05) is 6.61 Å². The van der Waals surface area contributed by atoms with Crippen molar-refractivity contribution in [1.82, 2.24) is 0 Å². The Balaban J connectivity index is 1.92. The van der Waals surface area contributed by atoms with Crippen LogP contribution in [0.1, 0.15) is 39.0 Å². The predicted molar refractivity (Wildman–Crippen MR) is 52.1 cm³/mol. The average Bonchev–Trinajstić information content (AvgIpc) is 2.80. The molecule has 0 amide bonds. The fraction of sp³-hybridized carbons (Fsp3) is 0.909. The van der Waals surface area contributed by atoms with Crippen LogP contribution in [0.4, 0.5) is 0 Å². The van der Waals surface area contributed by atoms with Gasteiger partial charge < -0.3 is 9.84 Å². The van der Waals surface area contributed by atoms with E-state index >= 15 is 0 Å². The van der Waals surface area contributed by atoms with Gasteiger partial charge in [0, 0.05) is 6.61 Å². The second kappa shape index (κ2) is 3.54. The van der Waals surface area contributed by atoms with E-state index in [4.69, 9.17) is 9.84 Å². The lowest BCUT2D eigenvalue weighted by Crippen LogP contribution is -2.28. The van der Waals surface area contributed by atoms with Crippen LogP contribution in [0.15, 0.2) is 0 Å². The third-order valence-electron chi connectivity index (χ3n) is 3.69. The van der Waals surface area contributed by atoms with Crippen molar-refractivity contribution in [1.29, 1.82) is 0 Å². The largest absolute Gasteiger partial charge is 0.481 e. The van der Waals surface area contributed by atoms with Crippen molar-refractivity contribution < 1.29 is 14.6 Å². The van der Waals surface area contributed by atoms with Gasteiger partial charge in [-0.1, -0.05) is 13.3 Å². The van der Waals surface area contributed by atoms with E-state index in [1.165, 1.54) is 0 Å². The first kappa shape index (κ1) is 9.97. The molecule has 2 fully saturated rings. The van der Waals surface area contributed by atoms with Crippen LogP contribution in [0.2, 0.25) is 0 Å². The average molecular weight is 198 g/mol. The summed E-state index contributed by atoms with van der Waals surface area (Å²) in [5.41, 5.74) is 0.115. The van der Waals surface area contributed by atoms with E-state index in [0.29, 0.717) is 6.10 Å². The number of hydrogen-bond donors (Lipinski definition) is 1. The highest BCUT2D eigenvalue weighted by molar-refractivity contribution is 5.74. The third-order valence-corrected chi connectivity index (χ3v) is 3.69. The Morgan fingerprint density at radius 2 is 2.36 bits per heavy atom. The third kappa shape index (κ3) is 1.65. The lowest BCUT2D eigenvalue weighted by atomic mass is 9.88. The van der Waals surface area contributed by atoms with Crippen molar-refractivity contribution in [2.45, 2.75) is 45.1 Å². The van der Waals surface area contributed by atoms with Gasteiger partial charge in [-0.05, 0) is 31.1 Å². The fourth-order valence-corrected chi connectivity index (χ4v) is 2.75. The van der Waals surface area contributed by atoms with E-state index in [1.807, 2.05) is 0 Å². The molecule has 0 aromatic heterocycles. The van der Waals surface area contributed by atoms with Crippen LogP contribution >= 0.6 is 0 Å². The molecule has 1 aliphatic heterocycles.